The number of amides is 1. The number of benzene rings is 2. The maximum absolute atomic E-state index is 13.2. The normalized spacial score (nSPS) is 11.2. The highest BCUT2D eigenvalue weighted by atomic mass is 16.5. The van der Waals surface area contributed by atoms with Crippen molar-refractivity contribution >= 4 is 22.5 Å². The van der Waals surface area contributed by atoms with E-state index in [1.807, 2.05) is 49.4 Å². The van der Waals surface area contributed by atoms with Crippen molar-refractivity contribution in [2.24, 2.45) is 0 Å². The molecule has 0 spiro atoms. The predicted molar refractivity (Wildman–Crippen MR) is 126 cm³/mol. The van der Waals surface area contributed by atoms with Crippen LogP contribution in [-0.4, -0.2) is 32.3 Å². The zero-order chi connectivity index (χ0) is 22.9. The minimum Gasteiger partial charge on any atom is -0.378 e. The van der Waals surface area contributed by atoms with Gasteiger partial charge in [-0.15, -0.1) is 0 Å². The molecule has 0 saturated carbocycles. The fourth-order valence-corrected chi connectivity index (χ4v) is 3.94. The van der Waals surface area contributed by atoms with Crippen LogP contribution in [0.15, 0.2) is 77.9 Å². The first-order valence-electron chi connectivity index (χ1n) is 10.4. The number of fused-ring (bicyclic) bond motifs is 3. The molecule has 0 aliphatic heterocycles. The van der Waals surface area contributed by atoms with Crippen molar-refractivity contribution in [3.8, 4) is 11.1 Å². The zero-order valence-corrected chi connectivity index (χ0v) is 18.1. The van der Waals surface area contributed by atoms with Crippen molar-refractivity contribution in [3.05, 3.63) is 100 Å². The first-order valence-corrected chi connectivity index (χ1v) is 10.4. The molecule has 5 aromatic rings. The lowest BCUT2D eigenvalue weighted by atomic mass is 10.1. The van der Waals surface area contributed by atoms with Crippen LogP contribution in [0.1, 0.15) is 21.6 Å². The number of nitrogens with zero attached hydrogens (tertiary/aromatic N) is 4. The molecule has 0 radical (unpaired) electrons. The fourth-order valence-electron chi connectivity index (χ4n) is 3.94. The first kappa shape index (κ1) is 20.6. The molecule has 0 fully saturated rings. The Morgan fingerprint density at radius 1 is 1.06 bits per heavy atom. The molecule has 0 aliphatic rings. The average molecular weight is 439 g/mol. The van der Waals surface area contributed by atoms with E-state index in [0.717, 1.165) is 22.4 Å². The van der Waals surface area contributed by atoms with Crippen molar-refractivity contribution < 1.29 is 9.53 Å². The third-order valence-electron chi connectivity index (χ3n) is 5.54. The predicted octanol–water partition coefficient (Wildman–Crippen LogP) is 3.55. The number of carbonyl (C=O) groups excluding carboxylic acids is 1. The Hall–Kier alpha value is -4.30. The van der Waals surface area contributed by atoms with Gasteiger partial charge in [-0.25, -0.2) is 14.2 Å². The standard InChI is InChI=1S/C25H21N5O3/c1-16-8-6-7-11-18(16)24(31)28-29-13-12-21-19(25(29)32)14-26-23-22(17-9-4-3-5-10-17)20(15-33-2)27-30(21)23/h3-14H,15H2,1-2H3,(H,28,31). The molecular weight excluding hydrogens is 418 g/mol. The van der Waals surface area contributed by atoms with Crippen LogP contribution < -0.4 is 11.0 Å². The van der Waals surface area contributed by atoms with Crippen LogP contribution in [-0.2, 0) is 11.3 Å². The monoisotopic (exact) mass is 439 g/mol. The SMILES string of the molecule is COCc1nn2c(ncc3c(=O)n(NC(=O)c4ccccc4C)ccc32)c1-c1ccccc1. The van der Waals surface area contributed by atoms with E-state index in [4.69, 9.17) is 9.84 Å². The highest BCUT2D eigenvalue weighted by Crippen LogP contribution is 2.29. The second-order valence-corrected chi connectivity index (χ2v) is 7.66. The summed E-state index contributed by atoms with van der Waals surface area (Å²) in [7, 11) is 1.61. The second kappa shape index (κ2) is 8.33. The Bertz CT molecular complexity index is 1550. The Labute approximate surface area is 189 Å². The van der Waals surface area contributed by atoms with Crippen molar-refractivity contribution in [1.82, 2.24) is 19.3 Å². The van der Waals surface area contributed by atoms with Gasteiger partial charge in [0, 0.05) is 25.1 Å². The van der Waals surface area contributed by atoms with Crippen molar-refractivity contribution in [2.75, 3.05) is 12.5 Å². The molecule has 1 amide bonds. The number of methoxy groups -OCH3 is 1. The van der Waals surface area contributed by atoms with Crippen LogP contribution in [0.5, 0.6) is 0 Å². The van der Waals surface area contributed by atoms with Gasteiger partial charge in [0.05, 0.1) is 28.8 Å². The lowest BCUT2D eigenvalue weighted by molar-refractivity contribution is 0.101. The van der Waals surface area contributed by atoms with Gasteiger partial charge in [-0.1, -0.05) is 48.5 Å². The molecule has 0 atom stereocenters. The van der Waals surface area contributed by atoms with Crippen LogP contribution in [0, 0.1) is 6.92 Å². The third kappa shape index (κ3) is 3.56. The van der Waals surface area contributed by atoms with Gasteiger partial charge in [0.25, 0.3) is 11.5 Å². The number of aromatic nitrogens is 4. The lowest BCUT2D eigenvalue weighted by Crippen LogP contribution is -2.33. The number of carbonyl (C=O) groups is 1. The summed E-state index contributed by atoms with van der Waals surface area (Å²) in [6.07, 6.45) is 3.05. The van der Waals surface area contributed by atoms with Crippen molar-refractivity contribution in [2.45, 2.75) is 13.5 Å². The minimum absolute atomic E-state index is 0.304. The summed E-state index contributed by atoms with van der Waals surface area (Å²) in [6, 6.07) is 18.8. The maximum atomic E-state index is 13.2. The van der Waals surface area contributed by atoms with Crippen LogP contribution in [0.4, 0.5) is 0 Å². The number of hydrogen-bond donors (Lipinski definition) is 1. The van der Waals surface area contributed by atoms with Gasteiger partial charge in [0.2, 0.25) is 0 Å². The highest BCUT2D eigenvalue weighted by Gasteiger charge is 2.19. The number of ether oxygens (including phenoxy) is 1. The summed E-state index contributed by atoms with van der Waals surface area (Å²) < 4.78 is 8.18. The van der Waals surface area contributed by atoms with Crippen molar-refractivity contribution in [3.63, 3.8) is 0 Å². The number of hydrogen-bond acceptors (Lipinski definition) is 5. The molecule has 2 aromatic carbocycles. The van der Waals surface area contributed by atoms with E-state index in [1.165, 1.54) is 17.1 Å². The van der Waals surface area contributed by atoms with Gasteiger partial charge >= 0.3 is 0 Å². The number of pyridine rings is 1. The molecule has 0 unspecified atom stereocenters. The zero-order valence-electron chi connectivity index (χ0n) is 18.1. The molecule has 0 aliphatic carbocycles. The smallest absolute Gasteiger partial charge is 0.280 e. The van der Waals surface area contributed by atoms with Crippen LogP contribution in [0.2, 0.25) is 0 Å². The molecular formula is C25H21N5O3. The molecule has 5 rings (SSSR count). The molecule has 3 heterocycles. The van der Waals surface area contributed by atoms with E-state index in [9.17, 15) is 9.59 Å². The molecule has 164 valence electrons. The van der Waals surface area contributed by atoms with E-state index in [1.54, 1.807) is 29.8 Å². The minimum atomic E-state index is -0.395. The maximum Gasteiger partial charge on any atom is 0.280 e. The topological polar surface area (TPSA) is 90.5 Å². The molecule has 0 saturated heterocycles. The number of rotatable bonds is 5. The number of aryl methyl sites for hydroxylation is 1. The molecule has 0 bridgehead atoms. The Morgan fingerprint density at radius 2 is 1.82 bits per heavy atom. The van der Waals surface area contributed by atoms with Crippen LogP contribution >= 0.6 is 0 Å². The summed E-state index contributed by atoms with van der Waals surface area (Å²) in [4.78, 5) is 30.4. The largest absolute Gasteiger partial charge is 0.378 e. The van der Waals surface area contributed by atoms with Gasteiger partial charge in [-0.3, -0.25) is 15.0 Å². The summed E-state index contributed by atoms with van der Waals surface area (Å²) in [6.45, 7) is 2.15. The molecule has 8 nitrogen and oxygen atoms in total. The summed E-state index contributed by atoms with van der Waals surface area (Å²) in [5.74, 6) is -0.364. The van der Waals surface area contributed by atoms with Crippen molar-refractivity contribution in [1.29, 1.82) is 0 Å². The van der Waals surface area contributed by atoms with E-state index < -0.39 is 5.56 Å². The molecule has 8 heteroatoms. The van der Waals surface area contributed by atoms with Gasteiger partial charge in [0.15, 0.2) is 5.65 Å². The first-order chi connectivity index (χ1) is 16.1. The van der Waals surface area contributed by atoms with E-state index >= 15 is 0 Å². The van der Waals surface area contributed by atoms with Crippen LogP contribution in [0.3, 0.4) is 0 Å². The number of nitrogens with one attached hydrogen (secondary N) is 1. The van der Waals surface area contributed by atoms with Gasteiger partial charge < -0.3 is 4.74 Å². The Morgan fingerprint density at radius 3 is 2.58 bits per heavy atom. The highest BCUT2D eigenvalue weighted by molar-refractivity contribution is 6.01. The fraction of sp³-hybridized carbons (Fsp3) is 0.120. The van der Waals surface area contributed by atoms with E-state index in [2.05, 4.69) is 10.4 Å². The van der Waals surface area contributed by atoms with Gasteiger partial charge in [-0.2, -0.15) is 5.10 Å². The third-order valence-corrected chi connectivity index (χ3v) is 5.54. The van der Waals surface area contributed by atoms with Gasteiger partial charge in [-0.05, 0) is 30.2 Å². The van der Waals surface area contributed by atoms with E-state index in [-0.39, 0.29) is 5.91 Å². The Kier molecular flexibility index (Phi) is 5.20. The van der Waals surface area contributed by atoms with Crippen LogP contribution in [0.25, 0.3) is 27.7 Å². The molecule has 33 heavy (non-hydrogen) atoms. The summed E-state index contributed by atoms with van der Waals surface area (Å²) in [5.41, 5.74) is 7.35. The quantitative estimate of drug-likeness (QED) is 0.452. The Balaban J connectivity index is 1.63. The second-order valence-electron chi connectivity index (χ2n) is 7.66. The average Bonchev–Trinajstić information content (AvgIpc) is 3.20. The summed E-state index contributed by atoms with van der Waals surface area (Å²) in [5, 5.41) is 5.03. The van der Waals surface area contributed by atoms with Gasteiger partial charge in [0.1, 0.15) is 0 Å². The molecule has 1 N–H and O–H groups in total. The lowest BCUT2D eigenvalue weighted by Gasteiger charge is -2.11. The molecule has 3 aromatic heterocycles. The summed E-state index contributed by atoms with van der Waals surface area (Å²) >= 11 is 0. The van der Waals surface area contributed by atoms with E-state index in [0.29, 0.717) is 28.7 Å².